The number of hydrogen-bond donors (Lipinski definition) is 0. The molecule has 0 fully saturated rings. The van der Waals surface area contributed by atoms with Crippen molar-refractivity contribution in [2.24, 2.45) is 0 Å². The van der Waals surface area contributed by atoms with Gasteiger partial charge in [-0.3, -0.25) is 0 Å². The van der Waals surface area contributed by atoms with E-state index in [4.69, 9.17) is 0 Å². The quantitative estimate of drug-likeness (QED) is 0.757. The molecule has 0 aliphatic rings. The van der Waals surface area contributed by atoms with Gasteiger partial charge >= 0.3 is 16.8 Å². The molecule has 0 unspecified atom stereocenters. The minimum atomic E-state index is -4.60. The van der Waals surface area contributed by atoms with Gasteiger partial charge in [0.1, 0.15) is 11.5 Å². The van der Waals surface area contributed by atoms with Crippen LogP contribution in [0, 0.1) is 0 Å². The van der Waals surface area contributed by atoms with Gasteiger partial charge in [0.2, 0.25) is 0 Å². The van der Waals surface area contributed by atoms with Gasteiger partial charge in [0.15, 0.2) is 0 Å². The third-order valence-corrected chi connectivity index (χ3v) is 2.17. The van der Waals surface area contributed by atoms with Crippen molar-refractivity contribution in [3.63, 3.8) is 0 Å². The standard InChI is InChI=1S/C8H7F3O3S/c9-8(10)14-7-3-1-6(2-4-7)5-15(11,12)13/h1-4,8H,5H2. The second kappa shape index (κ2) is 4.52. The Hall–Kier alpha value is -1.24. The molecule has 0 N–H and O–H groups in total. The Labute approximate surface area is 84.7 Å². The molecule has 1 aromatic rings. The zero-order chi connectivity index (χ0) is 11.5. The summed E-state index contributed by atoms with van der Waals surface area (Å²) in [4.78, 5) is 0. The SMILES string of the molecule is O=S(=O)(F)Cc1ccc(OC(F)F)cc1. The number of benzene rings is 1. The highest BCUT2D eigenvalue weighted by atomic mass is 32.3. The molecule has 15 heavy (non-hydrogen) atoms. The predicted molar refractivity (Wildman–Crippen MR) is 46.8 cm³/mol. The van der Waals surface area contributed by atoms with Gasteiger partial charge in [-0.25, -0.2) is 0 Å². The fraction of sp³-hybridized carbons (Fsp3) is 0.250. The van der Waals surface area contributed by atoms with E-state index in [1.54, 1.807) is 0 Å². The van der Waals surface area contributed by atoms with Crippen molar-refractivity contribution in [1.82, 2.24) is 0 Å². The first-order valence-electron chi connectivity index (χ1n) is 3.83. The summed E-state index contributed by atoms with van der Waals surface area (Å²) in [5.74, 6) is -0.882. The summed E-state index contributed by atoms with van der Waals surface area (Å²) in [6.07, 6.45) is 0. The van der Waals surface area contributed by atoms with Crippen LogP contribution in [-0.4, -0.2) is 15.0 Å². The lowest BCUT2D eigenvalue weighted by Gasteiger charge is -2.04. The van der Waals surface area contributed by atoms with Crippen LogP contribution in [-0.2, 0) is 16.0 Å². The molecule has 0 radical (unpaired) electrons. The van der Waals surface area contributed by atoms with E-state index in [1.165, 1.54) is 12.1 Å². The molecule has 0 aliphatic heterocycles. The van der Waals surface area contributed by atoms with E-state index in [2.05, 4.69) is 4.74 Å². The molecule has 7 heteroatoms. The highest BCUT2D eigenvalue weighted by molar-refractivity contribution is 7.85. The van der Waals surface area contributed by atoms with Crippen molar-refractivity contribution < 1.29 is 25.8 Å². The van der Waals surface area contributed by atoms with Crippen LogP contribution in [0.25, 0.3) is 0 Å². The molecule has 0 spiro atoms. The van der Waals surface area contributed by atoms with E-state index in [1.807, 2.05) is 0 Å². The summed E-state index contributed by atoms with van der Waals surface area (Å²) < 4.78 is 60.1. The average molecular weight is 240 g/mol. The molecule has 0 aromatic heterocycles. The van der Waals surface area contributed by atoms with E-state index in [0.717, 1.165) is 12.1 Å². The molecule has 0 saturated carbocycles. The summed E-state index contributed by atoms with van der Waals surface area (Å²) in [6, 6.07) is 4.70. The Balaban J connectivity index is 2.73. The molecule has 84 valence electrons. The molecule has 0 heterocycles. The summed E-state index contributed by atoms with van der Waals surface area (Å²) in [5, 5.41) is 0. The van der Waals surface area contributed by atoms with Crippen molar-refractivity contribution in [2.45, 2.75) is 12.4 Å². The van der Waals surface area contributed by atoms with Crippen molar-refractivity contribution in [1.29, 1.82) is 0 Å². The maximum Gasteiger partial charge on any atom is 0.387 e. The largest absolute Gasteiger partial charge is 0.435 e. The molecule has 1 rings (SSSR count). The Morgan fingerprint density at radius 1 is 1.20 bits per heavy atom. The zero-order valence-corrected chi connectivity index (χ0v) is 8.18. The molecule has 0 bridgehead atoms. The average Bonchev–Trinajstić information content (AvgIpc) is 2.05. The third kappa shape index (κ3) is 4.68. The maximum atomic E-state index is 12.2. The van der Waals surface area contributed by atoms with Crippen LogP contribution in [0.2, 0.25) is 0 Å². The number of halogens is 3. The van der Waals surface area contributed by atoms with Crippen molar-refractivity contribution in [3.05, 3.63) is 29.8 Å². The summed E-state index contributed by atoms with van der Waals surface area (Å²) in [6.45, 7) is -2.94. The predicted octanol–water partition coefficient (Wildman–Crippen LogP) is 2.09. The van der Waals surface area contributed by atoms with Gasteiger partial charge in [0.25, 0.3) is 0 Å². The fourth-order valence-electron chi connectivity index (χ4n) is 0.966. The van der Waals surface area contributed by atoms with Gasteiger partial charge in [-0.05, 0) is 17.7 Å². The topological polar surface area (TPSA) is 43.4 Å². The Morgan fingerprint density at radius 3 is 2.13 bits per heavy atom. The van der Waals surface area contributed by atoms with Gasteiger partial charge in [0, 0.05) is 0 Å². The molecule has 0 amide bonds. The highest BCUT2D eigenvalue weighted by Crippen LogP contribution is 2.16. The Kier molecular flexibility index (Phi) is 3.57. The molecule has 3 nitrogen and oxygen atoms in total. The van der Waals surface area contributed by atoms with Gasteiger partial charge < -0.3 is 4.74 Å². The second-order valence-corrected chi connectivity index (χ2v) is 4.07. The second-order valence-electron chi connectivity index (χ2n) is 2.71. The van der Waals surface area contributed by atoms with E-state index in [-0.39, 0.29) is 11.3 Å². The normalized spacial score (nSPS) is 11.7. The minimum absolute atomic E-state index is 0.106. The van der Waals surface area contributed by atoms with E-state index < -0.39 is 22.6 Å². The molecule has 0 atom stereocenters. The molecule has 0 aliphatic carbocycles. The van der Waals surface area contributed by atoms with Gasteiger partial charge in [-0.2, -0.15) is 17.2 Å². The van der Waals surface area contributed by atoms with Gasteiger partial charge in [-0.1, -0.05) is 12.1 Å². The van der Waals surface area contributed by atoms with Gasteiger partial charge in [0.05, 0.1) is 0 Å². The monoisotopic (exact) mass is 240 g/mol. The van der Waals surface area contributed by atoms with Crippen LogP contribution in [0.15, 0.2) is 24.3 Å². The lowest BCUT2D eigenvalue weighted by molar-refractivity contribution is -0.0498. The van der Waals surface area contributed by atoms with Crippen LogP contribution in [0.5, 0.6) is 5.75 Å². The summed E-state index contributed by atoms with van der Waals surface area (Å²) in [5.41, 5.74) is 0.166. The first-order chi connectivity index (χ1) is 6.87. The number of rotatable bonds is 4. The Bertz CT molecular complexity index is 413. The fourth-order valence-corrected chi connectivity index (χ4v) is 1.56. The van der Waals surface area contributed by atoms with Crippen LogP contribution < -0.4 is 4.74 Å². The van der Waals surface area contributed by atoms with E-state index in [9.17, 15) is 21.1 Å². The third-order valence-electron chi connectivity index (χ3n) is 1.49. The van der Waals surface area contributed by atoms with Crippen LogP contribution in [0.1, 0.15) is 5.56 Å². The van der Waals surface area contributed by atoms with Crippen molar-refractivity contribution >= 4 is 10.2 Å². The van der Waals surface area contributed by atoms with Crippen LogP contribution >= 0.6 is 0 Å². The molecular formula is C8H7F3O3S. The first-order valence-corrected chi connectivity index (χ1v) is 5.38. The number of alkyl halides is 2. The number of hydrogen-bond acceptors (Lipinski definition) is 3. The Morgan fingerprint density at radius 2 is 1.73 bits per heavy atom. The number of ether oxygens (including phenoxy) is 1. The summed E-state index contributed by atoms with van der Waals surface area (Å²) in [7, 11) is -4.60. The lowest BCUT2D eigenvalue weighted by Crippen LogP contribution is -2.02. The molecule has 0 saturated heterocycles. The lowest BCUT2D eigenvalue weighted by atomic mass is 10.2. The zero-order valence-electron chi connectivity index (χ0n) is 7.36. The minimum Gasteiger partial charge on any atom is -0.435 e. The van der Waals surface area contributed by atoms with Crippen molar-refractivity contribution in [3.8, 4) is 5.75 Å². The van der Waals surface area contributed by atoms with Gasteiger partial charge in [-0.15, -0.1) is 3.89 Å². The van der Waals surface area contributed by atoms with Crippen LogP contribution in [0.4, 0.5) is 12.7 Å². The molecule has 1 aromatic carbocycles. The first kappa shape index (κ1) is 11.8. The van der Waals surface area contributed by atoms with E-state index in [0.29, 0.717) is 0 Å². The summed E-state index contributed by atoms with van der Waals surface area (Å²) >= 11 is 0. The van der Waals surface area contributed by atoms with E-state index >= 15 is 0 Å². The van der Waals surface area contributed by atoms with Crippen LogP contribution in [0.3, 0.4) is 0 Å². The smallest absolute Gasteiger partial charge is 0.387 e. The maximum absolute atomic E-state index is 12.2. The highest BCUT2D eigenvalue weighted by Gasteiger charge is 2.09. The van der Waals surface area contributed by atoms with Crippen molar-refractivity contribution in [2.75, 3.05) is 0 Å². The molecular weight excluding hydrogens is 233 g/mol.